The first-order valence-corrected chi connectivity index (χ1v) is 14.3. The van der Waals surface area contributed by atoms with E-state index in [2.05, 4.69) is 45.0 Å². The number of hydrogen-bond acceptors (Lipinski definition) is 4. The fourth-order valence-corrected chi connectivity index (χ4v) is 10.5. The highest BCUT2D eigenvalue weighted by Crippen LogP contribution is 2.39. The molecular formula is C26H30O4SSi. The van der Waals surface area contributed by atoms with Crippen molar-refractivity contribution >= 4 is 28.5 Å². The van der Waals surface area contributed by atoms with Gasteiger partial charge in [0.25, 0.3) is 8.32 Å². The number of hydrogen-bond donors (Lipinski definition) is 0. The second-order valence-corrected chi connectivity index (χ2v) is 15.7. The molecule has 2 atom stereocenters. The Morgan fingerprint density at radius 2 is 1.34 bits per heavy atom. The summed E-state index contributed by atoms with van der Waals surface area (Å²) >= 11 is 0. The quantitative estimate of drug-likeness (QED) is 0.389. The molecule has 1 aliphatic heterocycles. The van der Waals surface area contributed by atoms with Crippen LogP contribution in [0, 0.1) is 6.92 Å². The average molecular weight is 467 g/mol. The molecule has 0 amide bonds. The molecule has 1 saturated heterocycles. The molecule has 0 saturated carbocycles. The van der Waals surface area contributed by atoms with Gasteiger partial charge in [0, 0.05) is 0 Å². The summed E-state index contributed by atoms with van der Waals surface area (Å²) in [7, 11) is -6.27. The molecule has 0 aliphatic carbocycles. The number of rotatable bonds is 7. The van der Waals surface area contributed by atoms with Crippen molar-refractivity contribution in [1.82, 2.24) is 0 Å². The zero-order valence-corrected chi connectivity index (χ0v) is 20.8. The molecule has 0 unspecified atom stereocenters. The van der Waals surface area contributed by atoms with Crippen LogP contribution in [-0.4, -0.2) is 34.9 Å². The number of sulfone groups is 1. The summed E-state index contributed by atoms with van der Waals surface area (Å²) in [4.78, 5) is 0.293. The van der Waals surface area contributed by atoms with E-state index in [-0.39, 0.29) is 11.6 Å². The molecule has 1 aliphatic rings. The van der Waals surface area contributed by atoms with Gasteiger partial charge >= 0.3 is 0 Å². The third-order valence-corrected chi connectivity index (χ3v) is 13.0. The highest BCUT2D eigenvalue weighted by molar-refractivity contribution is 7.92. The Kier molecular flexibility index (Phi) is 6.16. The second-order valence-electron chi connectivity index (χ2n) is 9.38. The summed E-state index contributed by atoms with van der Waals surface area (Å²) in [5.41, 5.74) is 0.163. The van der Waals surface area contributed by atoms with Crippen molar-refractivity contribution in [2.75, 3.05) is 6.61 Å². The summed E-state index contributed by atoms with van der Waals surface area (Å²) < 4.78 is 38.5. The number of epoxide rings is 1. The molecule has 4 rings (SSSR count). The molecule has 0 bridgehead atoms. The molecule has 0 aromatic heterocycles. The van der Waals surface area contributed by atoms with Crippen LogP contribution in [0.5, 0.6) is 0 Å². The zero-order chi connectivity index (χ0) is 23.0. The van der Waals surface area contributed by atoms with Crippen molar-refractivity contribution < 1.29 is 17.6 Å². The van der Waals surface area contributed by atoms with E-state index in [0.29, 0.717) is 4.90 Å². The molecule has 0 spiro atoms. The lowest BCUT2D eigenvalue weighted by Gasteiger charge is -2.43. The SMILES string of the molecule is Cc1ccc(S(=O)(=O)[C@H]2O[C@H]2CO[Si](c2ccccc2)(c2ccccc2)C(C)(C)C)cc1. The average Bonchev–Trinajstić information content (AvgIpc) is 3.56. The summed E-state index contributed by atoms with van der Waals surface area (Å²) in [5, 5.41) is 2.16. The monoisotopic (exact) mass is 466 g/mol. The predicted octanol–water partition coefficient (Wildman–Crippen LogP) is 4.07. The van der Waals surface area contributed by atoms with Crippen LogP contribution < -0.4 is 10.4 Å². The third-order valence-electron chi connectivity index (χ3n) is 6.07. The van der Waals surface area contributed by atoms with Crippen molar-refractivity contribution in [2.24, 2.45) is 0 Å². The van der Waals surface area contributed by atoms with Gasteiger partial charge in [0.05, 0.1) is 11.5 Å². The first-order chi connectivity index (χ1) is 15.2. The molecule has 6 heteroatoms. The van der Waals surface area contributed by atoms with Crippen LogP contribution in [0.2, 0.25) is 5.04 Å². The number of aryl methyl sites for hydroxylation is 1. The van der Waals surface area contributed by atoms with E-state index in [1.807, 2.05) is 55.5 Å². The molecule has 4 nitrogen and oxygen atoms in total. The van der Waals surface area contributed by atoms with Crippen molar-refractivity contribution in [3.63, 3.8) is 0 Å². The lowest BCUT2D eigenvalue weighted by Crippen LogP contribution is -2.66. The third kappa shape index (κ3) is 4.20. The lowest BCUT2D eigenvalue weighted by molar-refractivity contribution is 0.249. The molecule has 0 radical (unpaired) electrons. The molecular weight excluding hydrogens is 436 g/mol. The van der Waals surface area contributed by atoms with Crippen LogP contribution in [-0.2, 0) is 19.0 Å². The first kappa shape index (κ1) is 22.9. The molecule has 3 aromatic carbocycles. The van der Waals surface area contributed by atoms with Gasteiger partial charge in [-0.05, 0) is 34.5 Å². The van der Waals surface area contributed by atoms with E-state index < -0.39 is 29.7 Å². The maximum absolute atomic E-state index is 13.0. The minimum Gasteiger partial charge on any atom is -0.405 e. The van der Waals surface area contributed by atoms with Crippen molar-refractivity contribution in [2.45, 2.75) is 49.2 Å². The van der Waals surface area contributed by atoms with Gasteiger partial charge in [0.1, 0.15) is 6.10 Å². The standard InChI is InChI=1S/C26H30O4SSi/c1-20-15-17-21(18-16-20)31(27,28)25-24(30-25)19-29-32(26(2,3)4,22-11-7-5-8-12-22)23-13-9-6-10-14-23/h5-18,24-25H,19H2,1-4H3/t24-,25+/m0/s1. The summed E-state index contributed by atoms with van der Waals surface area (Å²) in [5.74, 6) is 0. The Bertz CT molecular complexity index is 1110. The van der Waals surface area contributed by atoms with Gasteiger partial charge in [0.15, 0.2) is 5.44 Å². The lowest BCUT2D eigenvalue weighted by atomic mass is 10.2. The van der Waals surface area contributed by atoms with Crippen molar-refractivity contribution in [3.8, 4) is 0 Å². The van der Waals surface area contributed by atoms with E-state index in [4.69, 9.17) is 9.16 Å². The molecule has 1 heterocycles. The number of ether oxygens (including phenoxy) is 1. The smallest absolute Gasteiger partial charge is 0.261 e. The van der Waals surface area contributed by atoms with Crippen LogP contribution in [0.25, 0.3) is 0 Å². The van der Waals surface area contributed by atoms with Gasteiger partial charge in [-0.15, -0.1) is 0 Å². The van der Waals surface area contributed by atoms with Gasteiger partial charge in [-0.2, -0.15) is 0 Å². The maximum Gasteiger partial charge on any atom is 0.261 e. The fourth-order valence-electron chi connectivity index (χ4n) is 4.35. The summed E-state index contributed by atoms with van der Waals surface area (Å²) in [6.07, 6.45) is -0.469. The van der Waals surface area contributed by atoms with E-state index in [9.17, 15) is 8.42 Å². The van der Waals surface area contributed by atoms with E-state index in [1.165, 1.54) is 0 Å². The molecule has 1 fully saturated rings. The van der Waals surface area contributed by atoms with Crippen molar-refractivity contribution in [3.05, 3.63) is 90.5 Å². The van der Waals surface area contributed by atoms with Gasteiger partial charge in [0.2, 0.25) is 9.84 Å². The Labute approximate surface area is 192 Å². The van der Waals surface area contributed by atoms with Gasteiger partial charge in [-0.1, -0.05) is 99.1 Å². The minimum absolute atomic E-state index is 0.171. The van der Waals surface area contributed by atoms with Crippen LogP contribution >= 0.6 is 0 Å². The predicted molar refractivity (Wildman–Crippen MR) is 131 cm³/mol. The largest absolute Gasteiger partial charge is 0.405 e. The zero-order valence-electron chi connectivity index (χ0n) is 19.0. The molecule has 168 valence electrons. The van der Waals surface area contributed by atoms with Gasteiger partial charge in [-0.25, -0.2) is 8.42 Å². The van der Waals surface area contributed by atoms with Crippen molar-refractivity contribution in [1.29, 1.82) is 0 Å². The molecule has 32 heavy (non-hydrogen) atoms. The Morgan fingerprint density at radius 3 is 1.81 bits per heavy atom. The van der Waals surface area contributed by atoms with Gasteiger partial charge < -0.3 is 9.16 Å². The van der Waals surface area contributed by atoms with E-state index in [0.717, 1.165) is 15.9 Å². The highest BCUT2D eigenvalue weighted by Gasteiger charge is 2.55. The minimum atomic E-state index is -3.55. The topological polar surface area (TPSA) is 55.9 Å². The second kappa shape index (κ2) is 8.59. The summed E-state index contributed by atoms with van der Waals surface area (Å²) in [6, 6.07) is 27.6. The van der Waals surface area contributed by atoms with Crippen LogP contribution in [0.3, 0.4) is 0 Å². The Morgan fingerprint density at radius 1 is 0.844 bits per heavy atom. The first-order valence-electron chi connectivity index (χ1n) is 10.9. The normalized spacial score (nSPS) is 19.0. The fraction of sp³-hybridized carbons (Fsp3) is 0.308. The van der Waals surface area contributed by atoms with E-state index in [1.54, 1.807) is 12.1 Å². The van der Waals surface area contributed by atoms with Crippen LogP contribution in [0.15, 0.2) is 89.8 Å². The Hall–Kier alpha value is -2.25. The molecule has 0 N–H and O–H groups in total. The Balaban J connectivity index is 1.63. The van der Waals surface area contributed by atoms with Crippen LogP contribution in [0.1, 0.15) is 26.3 Å². The van der Waals surface area contributed by atoms with Crippen LogP contribution in [0.4, 0.5) is 0 Å². The van der Waals surface area contributed by atoms with E-state index >= 15 is 0 Å². The maximum atomic E-state index is 13.0. The van der Waals surface area contributed by atoms with Gasteiger partial charge in [-0.3, -0.25) is 0 Å². The summed E-state index contributed by atoms with van der Waals surface area (Å²) in [6.45, 7) is 8.78. The number of benzene rings is 3. The highest BCUT2D eigenvalue weighted by atomic mass is 32.2. The molecule has 3 aromatic rings.